The van der Waals surface area contributed by atoms with E-state index in [9.17, 15) is 22.4 Å². The number of nitrogens with two attached hydrogens (primary N) is 1. The number of carbonyl (C=O) groups is 1. The van der Waals surface area contributed by atoms with Crippen molar-refractivity contribution >= 4 is 54.9 Å². The summed E-state index contributed by atoms with van der Waals surface area (Å²) in [5.41, 5.74) is 4.57. The smallest absolute Gasteiger partial charge is 0.150 e. The van der Waals surface area contributed by atoms with E-state index in [2.05, 4.69) is 56.0 Å². The van der Waals surface area contributed by atoms with Gasteiger partial charge in [-0.1, -0.05) is 45.7 Å². The zero-order chi connectivity index (χ0) is 26.6. The van der Waals surface area contributed by atoms with E-state index in [1.165, 1.54) is 12.1 Å². The average molecular weight is 623 g/mol. The molecule has 0 saturated heterocycles. The van der Waals surface area contributed by atoms with Gasteiger partial charge in [0.2, 0.25) is 0 Å². The van der Waals surface area contributed by atoms with Crippen molar-refractivity contribution in [3.63, 3.8) is 0 Å². The van der Waals surface area contributed by atoms with Crippen molar-refractivity contribution in [3.05, 3.63) is 56.5 Å². The number of nitrogen functional groups attached to an aromatic ring is 1. The lowest BCUT2D eigenvalue weighted by molar-refractivity contribution is -0.117. The highest BCUT2D eigenvalue weighted by atomic mass is 79.9. The molecule has 0 atom stereocenters. The second kappa shape index (κ2) is 11.9. The first-order valence-corrected chi connectivity index (χ1v) is 12.6. The number of aliphatic imine (C=N–C) groups is 1. The van der Waals surface area contributed by atoms with Gasteiger partial charge in [-0.25, -0.2) is 17.6 Å². The minimum Gasteiger partial charge on any atom is -0.394 e. The van der Waals surface area contributed by atoms with Gasteiger partial charge in [-0.15, -0.1) is 0 Å². The van der Waals surface area contributed by atoms with Gasteiger partial charge in [0.05, 0.1) is 5.54 Å². The van der Waals surface area contributed by atoms with Gasteiger partial charge < -0.3 is 11.1 Å². The molecule has 2 aromatic carbocycles. The van der Waals surface area contributed by atoms with Gasteiger partial charge in [0.15, 0.2) is 11.6 Å². The van der Waals surface area contributed by atoms with Gasteiger partial charge in [0.25, 0.3) is 0 Å². The fourth-order valence-corrected chi connectivity index (χ4v) is 4.34. The monoisotopic (exact) mass is 621 g/mol. The first-order valence-electron chi connectivity index (χ1n) is 11.0. The van der Waals surface area contributed by atoms with Crippen molar-refractivity contribution in [2.24, 2.45) is 10.4 Å². The average Bonchev–Trinajstić information content (AvgIpc) is 3.22. The van der Waals surface area contributed by atoms with E-state index in [1.54, 1.807) is 0 Å². The van der Waals surface area contributed by atoms with Gasteiger partial charge in [-0.2, -0.15) is 0 Å². The molecule has 4 rings (SSSR count). The Kier molecular flexibility index (Phi) is 9.93. The summed E-state index contributed by atoms with van der Waals surface area (Å²) in [6.45, 7) is 8.29. The molecule has 0 aromatic heterocycles. The van der Waals surface area contributed by atoms with Crippen LogP contribution in [0.3, 0.4) is 0 Å². The second-order valence-electron chi connectivity index (χ2n) is 9.90. The molecular formula is C25H29Br2F4N3O. The maximum absolute atomic E-state index is 13.6. The van der Waals surface area contributed by atoms with Gasteiger partial charge in [0.1, 0.15) is 34.6 Å². The van der Waals surface area contributed by atoms with Crippen molar-refractivity contribution in [3.8, 4) is 0 Å². The topological polar surface area (TPSA) is 67.5 Å². The Morgan fingerprint density at radius 3 is 1.69 bits per heavy atom. The van der Waals surface area contributed by atoms with E-state index in [0.29, 0.717) is 32.4 Å². The highest BCUT2D eigenvalue weighted by molar-refractivity contribution is 9.10. The zero-order valence-electron chi connectivity index (χ0n) is 20.0. The molecule has 0 unspecified atom stereocenters. The highest BCUT2D eigenvalue weighted by Gasteiger charge is 2.28. The van der Waals surface area contributed by atoms with Crippen LogP contribution in [0, 0.1) is 28.7 Å². The molecular weight excluding hydrogens is 594 g/mol. The summed E-state index contributed by atoms with van der Waals surface area (Å²) in [5, 5.41) is 2.74. The molecule has 2 aliphatic rings. The van der Waals surface area contributed by atoms with Crippen LogP contribution in [0.5, 0.6) is 0 Å². The molecule has 1 aliphatic carbocycles. The summed E-state index contributed by atoms with van der Waals surface area (Å²) in [5.74, 6) is -1.66. The Labute approximate surface area is 220 Å². The standard InChI is InChI=1S/C12H13BrF2N2.C7H12O.C6H4BrF2N/c1-12(2)4-3-10(17-12)16-11-8(14)5-7(13)6-9(11)15;1-7(2)4-3-6(8)5-7;7-3-1-4(8)6(10)5(9)2-3/h5-6H,3-4H2,1-2H3,(H,16,17);3-5H2,1-2H3;1-2H,10H2. The summed E-state index contributed by atoms with van der Waals surface area (Å²) in [6.07, 6.45) is 4.29. The van der Waals surface area contributed by atoms with Gasteiger partial charge >= 0.3 is 0 Å². The first-order chi connectivity index (χ1) is 16.1. The third-order valence-corrected chi connectivity index (χ3v) is 6.40. The molecule has 0 bridgehead atoms. The van der Waals surface area contributed by atoms with E-state index in [4.69, 9.17) is 5.73 Å². The second-order valence-corrected chi connectivity index (χ2v) is 11.7. The minimum atomic E-state index is -0.744. The molecule has 0 radical (unpaired) electrons. The van der Waals surface area contributed by atoms with Crippen LogP contribution in [0.1, 0.15) is 59.8 Å². The number of halogens is 6. The van der Waals surface area contributed by atoms with Crippen LogP contribution in [-0.4, -0.2) is 17.2 Å². The van der Waals surface area contributed by atoms with Crippen molar-refractivity contribution in [2.45, 2.75) is 65.3 Å². The minimum absolute atomic E-state index is 0.135. The quantitative estimate of drug-likeness (QED) is 0.249. The first kappa shape index (κ1) is 29.3. The number of amidine groups is 1. The van der Waals surface area contributed by atoms with Crippen LogP contribution in [0.2, 0.25) is 0 Å². The Hall–Kier alpha value is -1.94. The number of nitrogens with one attached hydrogen (secondary N) is 1. The number of nitrogens with zero attached hydrogens (tertiary/aromatic N) is 1. The van der Waals surface area contributed by atoms with Gasteiger partial charge in [-0.3, -0.25) is 9.79 Å². The summed E-state index contributed by atoms with van der Waals surface area (Å²) in [6, 6.07) is 4.68. The molecule has 1 saturated carbocycles. The van der Waals surface area contributed by atoms with E-state index >= 15 is 0 Å². The number of carbonyl (C=O) groups excluding carboxylic acids is 1. The van der Waals surface area contributed by atoms with Crippen molar-refractivity contribution in [2.75, 3.05) is 11.1 Å². The molecule has 1 heterocycles. The van der Waals surface area contributed by atoms with Crippen molar-refractivity contribution in [1.82, 2.24) is 0 Å². The van der Waals surface area contributed by atoms with Gasteiger partial charge in [-0.05, 0) is 56.4 Å². The maximum atomic E-state index is 13.6. The SMILES string of the molecule is CC1(C)CCC(=O)C1.CC1(C)CCC(Nc2c(F)cc(Br)cc2F)=N1.Nc1c(F)cc(Br)cc1F. The summed E-state index contributed by atoms with van der Waals surface area (Å²) >= 11 is 5.95. The number of benzene rings is 2. The Morgan fingerprint density at radius 2 is 1.34 bits per heavy atom. The number of anilines is 2. The number of hydrogen-bond acceptors (Lipinski definition) is 4. The van der Waals surface area contributed by atoms with Crippen molar-refractivity contribution < 1.29 is 22.4 Å². The molecule has 192 valence electrons. The lowest BCUT2D eigenvalue weighted by Gasteiger charge is -2.12. The fraction of sp³-hybridized carbons (Fsp3) is 0.440. The fourth-order valence-electron chi connectivity index (χ4n) is 3.54. The number of Topliss-reactive ketones (excluding diaryl/α,β-unsaturated/α-hetero) is 1. The predicted molar refractivity (Wildman–Crippen MR) is 140 cm³/mol. The lowest BCUT2D eigenvalue weighted by Crippen LogP contribution is -2.13. The Morgan fingerprint density at radius 1 is 0.857 bits per heavy atom. The summed E-state index contributed by atoms with van der Waals surface area (Å²) < 4.78 is 52.8. The van der Waals surface area contributed by atoms with Crippen LogP contribution in [0.4, 0.5) is 28.9 Å². The van der Waals surface area contributed by atoms with Crippen LogP contribution in [-0.2, 0) is 4.79 Å². The zero-order valence-corrected chi connectivity index (χ0v) is 23.2. The Balaban J connectivity index is 0.000000204. The van der Waals surface area contributed by atoms with E-state index in [-0.39, 0.29) is 11.2 Å². The normalized spacial score (nSPS) is 17.7. The third kappa shape index (κ3) is 9.22. The van der Waals surface area contributed by atoms with E-state index < -0.39 is 29.0 Å². The van der Waals surface area contributed by atoms with E-state index in [1.807, 2.05) is 13.8 Å². The molecule has 2 aromatic rings. The number of rotatable bonds is 1. The van der Waals surface area contributed by atoms with Crippen LogP contribution in [0.25, 0.3) is 0 Å². The molecule has 4 nitrogen and oxygen atoms in total. The Bertz CT molecular complexity index is 1070. The molecule has 10 heteroatoms. The molecule has 0 amide bonds. The molecule has 1 fully saturated rings. The molecule has 3 N–H and O–H groups in total. The van der Waals surface area contributed by atoms with Crippen LogP contribution < -0.4 is 11.1 Å². The third-order valence-electron chi connectivity index (χ3n) is 5.49. The lowest BCUT2D eigenvalue weighted by atomic mass is 9.92. The molecule has 0 spiro atoms. The predicted octanol–water partition coefficient (Wildman–Crippen LogP) is 8.19. The molecule has 1 aliphatic heterocycles. The van der Waals surface area contributed by atoms with E-state index in [0.717, 1.165) is 37.8 Å². The number of ketones is 1. The number of hydrogen-bond donors (Lipinski definition) is 2. The van der Waals surface area contributed by atoms with Crippen LogP contribution >= 0.6 is 31.9 Å². The summed E-state index contributed by atoms with van der Waals surface area (Å²) in [4.78, 5) is 15.0. The van der Waals surface area contributed by atoms with Crippen molar-refractivity contribution in [1.29, 1.82) is 0 Å². The largest absolute Gasteiger partial charge is 0.394 e. The molecule has 35 heavy (non-hydrogen) atoms. The highest BCUT2D eigenvalue weighted by Crippen LogP contribution is 2.34. The van der Waals surface area contributed by atoms with Gasteiger partial charge in [0, 0.05) is 28.2 Å². The van der Waals surface area contributed by atoms with Crippen LogP contribution in [0.15, 0.2) is 38.2 Å². The summed E-state index contributed by atoms with van der Waals surface area (Å²) in [7, 11) is 0. The maximum Gasteiger partial charge on any atom is 0.150 e.